The number of hydrogen-bond acceptors (Lipinski definition) is 5. The number of sulfonamides is 1. The molecule has 1 saturated heterocycles. The third-order valence-electron chi connectivity index (χ3n) is 5.47. The van der Waals surface area contributed by atoms with Gasteiger partial charge in [-0.2, -0.15) is 0 Å². The second-order valence-corrected chi connectivity index (χ2v) is 9.98. The zero-order chi connectivity index (χ0) is 19.4. The molecule has 0 aromatic heterocycles. The fourth-order valence-corrected chi connectivity index (χ4v) is 5.07. The summed E-state index contributed by atoms with van der Waals surface area (Å²) < 4.78 is 31.2. The van der Waals surface area contributed by atoms with E-state index in [-0.39, 0.29) is 18.2 Å². The van der Waals surface area contributed by atoms with Crippen LogP contribution in [0.25, 0.3) is 0 Å². The molecule has 1 aromatic carbocycles. The van der Waals surface area contributed by atoms with Gasteiger partial charge < -0.3 is 15.0 Å². The number of benzene rings is 1. The maximum atomic E-state index is 11.3. The van der Waals surface area contributed by atoms with Crippen LogP contribution in [-0.2, 0) is 14.8 Å². The zero-order valence-corrected chi connectivity index (χ0v) is 17.5. The lowest BCUT2D eigenvalue weighted by Crippen LogP contribution is -2.45. The predicted octanol–water partition coefficient (Wildman–Crippen LogP) is 2.82. The van der Waals surface area contributed by atoms with Crippen molar-refractivity contribution in [2.24, 2.45) is 5.92 Å². The Labute approximate surface area is 163 Å². The monoisotopic (exact) mass is 395 g/mol. The summed E-state index contributed by atoms with van der Waals surface area (Å²) in [6, 6.07) is 8.77. The molecule has 0 radical (unpaired) electrons. The average Bonchev–Trinajstić information content (AvgIpc) is 2.59. The summed E-state index contributed by atoms with van der Waals surface area (Å²) in [4.78, 5) is 2.39. The Bertz CT molecular complexity index is 690. The van der Waals surface area contributed by atoms with Crippen LogP contribution in [0.2, 0.25) is 0 Å². The first kappa shape index (κ1) is 20.4. The van der Waals surface area contributed by atoms with Crippen molar-refractivity contribution in [2.45, 2.75) is 57.8 Å². The van der Waals surface area contributed by atoms with E-state index in [1.54, 1.807) is 0 Å². The van der Waals surface area contributed by atoms with E-state index in [2.05, 4.69) is 53.1 Å². The van der Waals surface area contributed by atoms with E-state index in [4.69, 9.17) is 4.74 Å². The van der Waals surface area contributed by atoms with Crippen molar-refractivity contribution < 1.29 is 13.2 Å². The number of rotatable bonds is 6. The number of nitrogens with zero attached hydrogens (tertiary/aromatic N) is 1. The molecular weight excluding hydrogens is 362 g/mol. The fraction of sp³-hybridized carbons (Fsp3) is 0.700. The first-order valence-electron chi connectivity index (χ1n) is 10.00. The van der Waals surface area contributed by atoms with Crippen LogP contribution in [0.5, 0.6) is 0 Å². The molecule has 27 heavy (non-hydrogen) atoms. The maximum Gasteiger partial charge on any atom is 0.208 e. The SMILES string of the molecule is C[C@@H]1CN(c2ccc(NC[C@H]3CC[C@H](NS(C)(=O)=O)CC3)cc2)C[C@H](C)O1. The molecule has 2 fully saturated rings. The third-order valence-corrected chi connectivity index (χ3v) is 6.24. The standard InChI is InChI=1S/C20H33N3O3S/c1-15-13-23(14-16(2)26-15)20-10-8-18(9-11-20)21-12-17-4-6-19(7-5-17)22-27(3,24)25/h8-11,15-17,19,21-22H,4-7,12-14H2,1-3H3/t15-,16+,17-,19-. The average molecular weight is 396 g/mol. The molecule has 0 bridgehead atoms. The van der Waals surface area contributed by atoms with Crippen molar-refractivity contribution in [1.29, 1.82) is 0 Å². The van der Waals surface area contributed by atoms with Gasteiger partial charge in [-0.25, -0.2) is 13.1 Å². The molecule has 0 amide bonds. The summed E-state index contributed by atoms with van der Waals surface area (Å²) in [5, 5.41) is 3.54. The van der Waals surface area contributed by atoms with Gasteiger partial charge in [-0.3, -0.25) is 0 Å². The molecule has 2 atom stereocenters. The van der Waals surface area contributed by atoms with E-state index in [0.29, 0.717) is 5.92 Å². The topological polar surface area (TPSA) is 70.7 Å². The second-order valence-electron chi connectivity index (χ2n) is 8.20. The lowest BCUT2D eigenvalue weighted by Gasteiger charge is -2.37. The molecule has 0 spiro atoms. The molecule has 1 heterocycles. The minimum absolute atomic E-state index is 0.105. The van der Waals surface area contributed by atoms with Crippen LogP contribution in [-0.4, -0.2) is 52.6 Å². The quantitative estimate of drug-likeness (QED) is 0.775. The number of nitrogens with one attached hydrogen (secondary N) is 2. The van der Waals surface area contributed by atoms with Gasteiger partial charge in [0.25, 0.3) is 0 Å². The Hall–Kier alpha value is -1.31. The molecular formula is C20H33N3O3S. The zero-order valence-electron chi connectivity index (χ0n) is 16.6. The van der Waals surface area contributed by atoms with Gasteiger partial charge in [0.15, 0.2) is 0 Å². The van der Waals surface area contributed by atoms with E-state index in [0.717, 1.165) is 51.0 Å². The molecule has 0 unspecified atom stereocenters. The molecule has 3 rings (SSSR count). The summed E-state index contributed by atoms with van der Waals surface area (Å²) in [6.07, 6.45) is 5.72. The summed E-state index contributed by atoms with van der Waals surface area (Å²) in [6.45, 7) is 7.05. The fourth-order valence-electron chi connectivity index (χ4n) is 4.23. The molecule has 1 aliphatic heterocycles. The van der Waals surface area contributed by atoms with Gasteiger partial charge in [-0.15, -0.1) is 0 Å². The summed E-state index contributed by atoms with van der Waals surface area (Å²) in [5.41, 5.74) is 2.39. The first-order chi connectivity index (χ1) is 12.8. The smallest absolute Gasteiger partial charge is 0.208 e. The summed E-state index contributed by atoms with van der Waals surface area (Å²) in [5.74, 6) is 0.600. The van der Waals surface area contributed by atoms with Gasteiger partial charge in [-0.1, -0.05) is 0 Å². The Morgan fingerprint density at radius 3 is 2.19 bits per heavy atom. The first-order valence-corrected chi connectivity index (χ1v) is 11.9. The van der Waals surface area contributed by atoms with E-state index < -0.39 is 10.0 Å². The molecule has 152 valence electrons. The van der Waals surface area contributed by atoms with Crippen molar-refractivity contribution in [3.63, 3.8) is 0 Å². The summed E-state index contributed by atoms with van der Waals surface area (Å²) >= 11 is 0. The van der Waals surface area contributed by atoms with Crippen LogP contribution < -0.4 is 14.9 Å². The second kappa shape index (κ2) is 8.80. The molecule has 1 aliphatic carbocycles. The normalized spacial score (nSPS) is 29.5. The lowest BCUT2D eigenvalue weighted by molar-refractivity contribution is -0.00521. The molecule has 1 saturated carbocycles. The Morgan fingerprint density at radius 2 is 1.63 bits per heavy atom. The molecule has 6 nitrogen and oxygen atoms in total. The number of ether oxygens (including phenoxy) is 1. The largest absolute Gasteiger partial charge is 0.385 e. The Morgan fingerprint density at radius 1 is 1.04 bits per heavy atom. The highest BCUT2D eigenvalue weighted by Crippen LogP contribution is 2.26. The highest BCUT2D eigenvalue weighted by molar-refractivity contribution is 7.88. The minimum atomic E-state index is -3.09. The van der Waals surface area contributed by atoms with Gasteiger partial charge in [0.1, 0.15) is 0 Å². The highest BCUT2D eigenvalue weighted by Gasteiger charge is 2.24. The van der Waals surface area contributed by atoms with Crippen molar-refractivity contribution in [3.8, 4) is 0 Å². The summed E-state index contributed by atoms with van der Waals surface area (Å²) in [7, 11) is -3.09. The lowest BCUT2D eigenvalue weighted by atomic mass is 9.86. The van der Waals surface area contributed by atoms with Crippen LogP contribution in [0.4, 0.5) is 11.4 Å². The number of anilines is 2. The van der Waals surface area contributed by atoms with E-state index >= 15 is 0 Å². The van der Waals surface area contributed by atoms with Gasteiger partial charge in [0.2, 0.25) is 10.0 Å². The van der Waals surface area contributed by atoms with Gasteiger partial charge >= 0.3 is 0 Å². The molecule has 2 aliphatic rings. The molecule has 2 N–H and O–H groups in total. The molecule has 1 aromatic rings. The predicted molar refractivity (Wildman–Crippen MR) is 111 cm³/mol. The van der Waals surface area contributed by atoms with E-state index in [1.165, 1.54) is 11.9 Å². The Balaban J connectivity index is 1.44. The van der Waals surface area contributed by atoms with Crippen molar-refractivity contribution >= 4 is 21.4 Å². The van der Waals surface area contributed by atoms with Crippen LogP contribution >= 0.6 is 0 Å². The molecule has 7 heteroatoms. The minimum Gasteiger partial charge on any atom is -0.385 e. The third kappa shape index (κ3) is 6.36. The van der Waals surface area contributed by atoms with Crippen molar-refractivity contribution in [2.75, 3.05) is 36.1 Å². The Kier molecular flexibility index (Phi) is 6.65. The van der Waals surface area contributed by atoms with Crippen molar-refractivity contribution in [3.05, 3.63) is 24.3 Å². The van der Waals surface area contributed by atoms with Crippen LogP contribution in [0.1, 0.15) is 39.5 Å². The van der Waals surface area contributed by atoms with Crippen LogP contribution in [0.15, 0.2) is 24.3 Å². The maximum absolute atomic E-state index is 11.3. The van der Waals surface area contributed by atoms with Crippen molar-refractivity contribution in [1.82, 2.24) is 4.72 Å². The van der Waals surface area contributed by atoms with E-state index in [9.17, 15) is 8.42 Å². The van der Waals surface area contributed by atoms with Gasteiger partial charge in [0, 0.05) is 37.1 Å². The number of hydrogen-bond donors (Lipinski definition) is 2. The highest BCUT2D eigenvalue weighted by atomic mass is 32.2. The number of morpholine rings is 1. The van der Waals surface area contributed by atoms with Crippen LogP contribution in [0.3, 0.4) is 0 Å². The van der Waals surface area contributed by atoms with Gasteiger partial charge in [0.05, 0.1) is 18.5 Å². The van der Waals surface area contributed by atoms with Crippen LogP contribution in [0, 0.1) is 5.92 Å². The van der Waals surface area contributed by atoms with Gasteiger partial charge in [-0.05, 0) is 69.7 Å². The van der Waals surface area contributed by atoms with E-state index in [1.807, 2.05) is 0 Å².